The fraction of sp³-hybridized carbons (Fsp3) is 0.571. The molecule has 14 heavy (non-hydrogen) atoms. The molecule has 0 saturated heterocycles. The van der Waals surface area contributed by atoms with Crippen molar-refractivity contribution in [2.45, 2.75) is 0 Å². The van der Waals surface area contributed by atoms with Crippen LogP contribution < -0.4 is 16.8 Å². The largest absolute Gasteiger partial charge is 0.368 e. The third-order valence-electron chi connectivity index (χ3n) is 1.37. The van der Waals surface area contributed by atoms with Crippen molar-refractivity contribution in [1.29, 1.82) is 0 Å². The Morgan fingerprint density at radius 3 is 1.86 bits per heavy atom. The number of hydrogen-bond donors (Lipinski definition) is 3. The Labute approximate surface area is 81.4 Å². The second kappa shape index (κ2) is 5.92. The van der Waals surface area contributed by atoms with Crippen molar-refractivity contribution in [2.75, 3.05) is 26.7 Å². The maximum Gasteiger partial charge on any atom is 0.237 e. The second-order valence-corrected chi connectivity index (χ2v) is 2.71. The van der Waals surface area contributed by atoms with Crippen LogP contribution in [0.5, 0.6) is 0 Å². The first-order valence-corrected chi connectivity index (χ1v) is 3.96. The van der Waals surface area contributed by atoms with E-state index in [0.717, 1.165) is 4.90 Å². The highest BCUT2D eigenvalue weighted by atomic mass is 16.2. The van der Waals surface area contributed by atoms with Crippen molar-refractivity contribution >= 4 is 17.7 Å². The molecule has 0 aliphatic carbocycles. The van der Waals surface area contributed by atoms with Crippen LogP contribution in [0, 0.1) is 0 Å². The fourth-order valence-corrected chi connectivity index (χ4v) is 0.872. The molecule has 0 aromatic rings. The molecule has 0 fully saturated rings. The molecule has 0 spiro atoms. The van der Waals surface area contributed by atoms with Crippen LogP contribution in [0.3, 0.4) is 0 Å². The molecule has 0 unspecified atom stereocenters. The molecule has 0 radical (unpaired) electrons. The summed E-state index contributed by atoms with van der Waals surface area (Å²) in [6.45, 7) is -0.576. The van der Waals surface area contributed by atoms with Gasteiger partial charge in [0.2, 0.25) is 17.7 Å². The summed E-state index contributed by atoms with van der Waals surface area (Å²) in [6, 6.07) is 0. The molecule has 0 atom stereocenters. The Hall–Kier alpha value is -1.63. The van der Waals surface area contributed by atoms with Gasteiger partial charge in [0.05, 0.1) is 19.6 Å². The Kier molecular flexibility index (Phi) is 5.23. The van der Waals surface area contributed by atoms with E-state index < -0.39 is 17.7 Å². The Bertz CT molecular complexity index is 225. The fourth-order valence-electron chi connectivity index (χ4n) is 0.872. The van der Waals surface area contributed by atoms with Gasteiger partial charge in [0, 0.05) is 0 Å². The van der Waals surface area contributed by atoms with Gasteiger partial charge >= 0.3 is 0 Å². The van der Waals surface area contributed by atoms with E-state index in [2.05, 4.69) is 5.32 Å². The molecule has 0 aliphatic heterocycles. The number of hydrogen-bond acceptors (Lipinski definition) is 4. The Morgan fingerprint density at radius 1 is 1.14 bits per heavy atom. The number of carbonyl (C=O) groups excluding carboxylic acids is 3. The van der Waals surface area contributed by atoms with Gasteiger partial charge in [0.25, 0.3) is 0 Å². The molecular formula is C7H14N4O3. The monoisotopic (exact) mass is 202 g/mol. The number of rotatable bonds is 6. The van der Waals surface area contributed by atoms with Crippen LogP contribution in [0.2, 0.25) is 0 Å². The van der Waals surface area contributed by atoms with Crippen molar-refractivity contribution in [3.8, 4) is 0 Å². The predicted octanol–water partition coefficient (Wildman–Crippen LogP) is -2.99. The van der Waals surface area contributed by atoms with Gasteiger partial charge in [0.1, 0.15) is 0 Å². The molecule has 0 aromatic carbocycles. The van der Waals surface area contributed by atoms with Crippen molar-refractivity contribution < 1.29 is 14.4 Å². The molecule has 5 N–H and O–H groups in total. The molecule has 0 aromatic heterocycles. The quantitative estimate of drug-likeness (QED) is 0.425. The first-order valence-electron chi connectivity index (χ1n) is 3.96. The average molecular weight is 202 g/mol. The number of nitrogens with two attached hydrogens (primary N) is 2. The number of carbonyl (C=O) groups is 3. The first-order chi connectivity index (χ1) is 6.47. The van der Waals surface area contributed by atoms with Crippen LogP contribution in [-0.2, 0) is 14.4 Å². The first kappa shape index (κ1) is 12.4. The van der Waals surface area contributed by atoms with Crippen LogP contribution in [0.25, 0.3) is 0 Å². The maximum absolute atomic E-state index is 11.3. The van der Waals surface area contributed by atoms with Crippen LogP contribution in [0.4, 0.5) is 0 Å². The summed E-state index contributed by atoms with van der Waals surface area (Å²) in [5.74, 6) is -1.77. The highest BCUT2D eigenvalue weighted by Crippen LogP contribution is 1.87. The van der Waals surface area contributed by atoms with Gasteiger partial charge in [-0.05, 0) is 7.05 Å². The molecule has 0 bridgehead atoms. The van der Waals surface area contributed by atoms with Gasteiger partial charge in [-0.1, -0.05) is 0 Å². The summed E-state index contributed by atoms with van der Waals surface area (Å²) in [5, 5.41) is 2.60. The Morgan fingerprint density at radius 2 is 1.57 bits per heavy atom. The lowest BCUT2D eigenvalue weighted by Gasteiger charge is -2.18. The zero-order valence-corrected chi connectivity index (χ0v) is 7.95. The van der Waals surface area contributed by atoms with Gasteiger partial charge in [-0.25, -0.2) is 0 Å². The van der Waals surface area contributed by atoms with Crippen molar-refractivity contribution in [3.63, 3.8) is 0 Å². The molecule has 0 saturated carbocycles. The third kappa shape index (κ3) is 5.09. The summed E-state index contributed by atoms with van der Waals surface area (Å²) in [6.07, 6.45) is 0. The van der Waals surface area contributed by atoms with Crippen LogP contribution >= 0.6 is 0 Å². The summed E-state index contributed by atoms with van der Waals surface area (Å²) in [4.78, 5) is 33.4. The molecule has 7 nitrogen and oxygen atoms in total. The van der Waals surface area contributed by atoms with Crippen LogP contribution in [-0.4, -0.2) is 49.3 Å². The highest BCUT2D eigenvalue weighted by molar-refractivity contribution is 5.88. The Balaban J connectivity index is 4.29. The van der Waals surface area contributed by atoms with E-state index in [-0.39, 0.29) is 19.6 Å². The molecule has 80 valence electrons. The smallest absolute Gasteiger partial charge is 0.237 e. The molecule has 3 amide bonds. The van der Waals surface area contributed by atoms with Crippen LogP contribution in [0.1, 0.15) is 0 Å². The van der Waals surface area contributed by atoms with E-state index in [1.165, 1.54) is 0 Å². The maximum atomic E-state index is 11.3. The van der Waals surface area contributed by atoms with E-state index in [9.17, 15) is 14.4 Å². The number of nitrogens with one attached hydrogen (secondary N) is 1. The zero-order valence-electron chi connectivity index (χ0n) is 7.95. The van der Waals surface area contributed by atoms with Crippen molar-refractivity contribution in [1.82, 2.24) is 10.2 Å². The van der Waals surface area contributed by atoms with Crippen LogP contribution in [0.15, 0.2) is 0 Å². The van der Waals surface area contributed by atoms with Crippen molar-refractivity contribution in [3.05, 3.63) is 0 Å². The van der Waals surface area contributed by atoms with E-state index in [1.54, 1.807) is 7.05 Å². The molecule has 0 heterocycles. The topological polar surface area (TPSA) is 119 Å². The van der Waals surface area contributed by atoms with Gasteiger partial charge in [-0.15, -0.1) is 0 Å². The van der Waals surface area contributed by atoms with Gasteiger partial charge in [-0.3, -0.25) is 14.4 Å². The average Bonchev–Trinajstić information content (AvgIpc) is 2.01. The lowest BCUT2D eigenvalue weighted by atomic mass is 10.4. The summed E-state index contributed by atoms with van der Waals surface area (Å²) >= 11 is 0. The predicted molar refractivity (Wildman–Crippen MR) is 48.9 cm³/mol. The minimum absolute atomic E-state index is 0.0283. The standard InChI is InChI=1S/C7H14N4O3/c1-10-2-7(14)11(3-5(8)12)4-6(9)13/h10H,2-4H2,1H3,(H2,8,12)(H2,9,13). The summed E-state index contributed by atoms with van der Waals surface area (Å²) in [7, 11) is 1.57. The lowest BCUT2D eigenvalue weighted by molar-refractivity contribution is -0.137. The SMILES string of the molecule is CNCC(=O)N(CC(N)=O)CC(N)=O. The number of primary amides is 2. The van der Waals surface area contributed by atoms with E-state index in [1.807, 2.05) is 0 Å². The highest BCUT2D eigenvalue weighted by Gasteiger charge is 2.16. The minimum Gasteiger partial charge on any atom is -0.368 e. The molecule has 0 rings (SSSR count). The zero-order chi connectivity index (χ0) is 11.1. The molecular weight excluding hydrogens is 188 g/mol. The van der Waals surface area contributed by atoms with Gasteiger partial charge in [-0.2, -0.15) is 0 Å². The number of amides is 3. The second-order valence-electron chi connectivity index (χ2n) is 2.71. The lowest BCUT2D eigenvalue weighted by Crippen LogP contribution is -2.46. The number of likely N-dealkylation sites (N-methyl/N-ethyl adjacent to an activating group) is 1. The van der Waals surface area contributed by atoms with E-state index in [0.29, 0.717) is 0 Å². The van der Waals surface area contributed by atoms with Gasteiger partial charge < -0.3 is 21.7 Å². The summed E-state index contributed by atoms with van der Waals surface area (Å²) in [5.41, 5.74) is 9.80. The molecule has 7 heteroatoms. The normalized spacial score (nSPS) is 9.50. The number of nitrogens with zero attached hydrogens (tertiary/aromatic N) is 1. The minimum atomic E-state index is -0.685. The van der Waals surface area contributed by atoms with Gasteiger partial charge in [0.15, 0.2) is 0 Å². The van der Waals surface area contributed by atoms with E-state index in [4.69, 9.17) is 11.5 Å². The van der Waals surface area contributed by atoms with E-state index >= 15 is 0 Å². The third-order valence-corrected chi connectivity index (χ3v) is 1.37. The summed E-state index contributed by atoms with van der Waals surface area (Å²) < 4.78 is 0. The van der Waals surface area contributed by atoms with Crippen molar-refractivity contribution in [2.24, 2.45) is 11.5 Å². The molecule has 0 aliphatic rings.